The van der Waals surface area contributed by atoms with Crippen LogP contribution >= 0.6 is 35.6 Å². The third kappa shape index (κ3) is 12.8. The second kappa shape index (κ2) is 12.8. The van der Waals surface area contributed by atoms with E-state index in [2.05, 4.69) is 11.9 Å². The molecule has 0 bridgehead atoms. The molecule has 0 aromatic heterocycles. The molecule has 0 saturated carbocycles. The Morgan fingerprint density at radius 3 is 2.00 bits per heavy atom. The van der Waals surface area contributed by atoms with Crippen LogP contribution in [-0.4, -0.2) is 36.8 Å². The summed E-state index contributed by atoms with van der Waals surface area (Å²) in [5.74, 6) is 1.54. The lowest BCUT2D eigenvalue weighted by molar-refractivity contribution is 0.343. The zero-order valence-electron chi connectivity index (χ0n) is 8.27. The van der Waals surface area contributed by atoms with Gasteiger partial charge in [0.05, 0.1) is 0 Å². The van der Waals surface area contributed by atoms with E-state index in [0.29, 0.717) is 0 Å². The van der Waals surface area contributed by atoms with Gasteiger partial charge in [0.15, 0.2) is 0 Å². The van der Waals surface area contributed by atoms with Crippen molar-refractivity contribution in [3.63, 3.8) is 0 Å². The molecule has 0 spiro atoms. The van der Waals surface area contributed by atoms with Crippen molar-refractivity contribution in [3.8, 4) is 0 Å². The highest BCUT2D eigenvalue weighted by molar-refractivity contribution is 6.18. The fraction of sp³-hybridized carbons (Fsp3) is 1.00. The second-order valence-electron chi connectivity index (χ2n) is 3.10. The first-order chi connectivity index (χ1) is 5.81. The minimum Gasteiger partial charge on any atom is -0.305 e. The third-order valence-corrected chi connectivity index (χ3v) is 2.33. The van der Waals surface area contributed by atoms with E-state index in [1.807, 2.05) is 0 Å². The molecule has 82 valence electrons. The molecule has 0 aliphatic carbocycles. The standard InChI is InChI=1S/C9H19Cl2N.ClH/c1-12(9-7-11)8-5-3-2-4-6-10;/h2-9H2,1H3;1H. The highest BCUT2D eigenvalue weighted by Gasteiger charge is 1.95. The van der Waals surface area contributed by atoms with Gasteiger partial charge in [-0.1, -0.05) is 12.8 Å². The average molecular weight is 249 g/mol. The van der Waals surface area contributed by atoms with Crippen molar-refractivity contribution in [3.05, 3.63) is 0 Å². The molecule has 13 heavy (non-hydrogen) atoms. The van der Waals surface area contributed by atoms with Gasteiger partial charge in [-0.25, -0.2) is 0 Å². The Morgan fingerprint density at radius 2 is 1.46 bits per heavy atom. The van der Waals surface area contributed by atoms with Crippen LogP contribution in [0.2, 0.25) is 0 Å². The number of hydrogen-bond acceptors (Lipinski definition) is 1. The predicted octanol–water partition coefficient (Wildman–Crippen LogP) is 3.38. The minimum absolute atomic E-state index is 0. The summed E-state index contributed by atoms with van der Waals surface area (Å²) in [5.41, 5.74) is 0. The molecule has 0 N–H and O–H groups in total. The second-order valence-corrected chi connectivity index (χ2v) is 3.85. The Balaban J connectivity index is 0. The molecule has 0 aromatic rings. The first kappa shape index (κ1) is 16.3. The molecule has 0 radical (unpaired) electrons. The van der Waals surface area contributed by atoms with Crippen molar-refractivity contribution in [2.75, 3.05) is 31.9 Å². The fourth-order valence-electron chi connectivity index (χ4n) is 1.09. The van der Waals surface area contributed by atoms with Crippen molar-refractivity contribution in [2.24, 2.45) is 0 Å². The number of halogens is 3. The highest BCUT2D eigenvalue weighted by Crippen LogP contribution is 2.01. The lowest BCUT2D eigenvalue weighted by atomic mass is 10.2. The molecule has 0 saturated heterocycles. The molecular weight excluding hydrogens is 228 g/mol. The summed E-state index contributed by atoms with van der Waals surface area (Å²) in [6, 6.07) is 0. The average Bonchev–Trinajstić information content (AvgIpc) is 2.05. The van der Waals surface area contributed by atoms with E-state index in [0.717, 1.165) is 31.3 Å². The lowest BCUT2D eigenvalue weighted by Gasteiger charge is -2.13. The van der Waals surface area contributed by atoms with Gasteiger partial charge in [0.1, 0.15) is 0 Å². The van der Waals surface area contributed by atoms with E-state index in [1.165, 1.54) is 19.3 Å². The maximum Gasteiger partial charge on any atom is 0.0351 e. The smallest absolute Gasteiger partial charge is 0.0351 e. The van der Waals surface area contributed by atoms with Crippen molar-refractivity contribution < 1.29 is 0 Å². The summed E-state index contributed by atoms with van der Waals surface area (Å²) in [7, 11) is 2.12. The van der Waals surface area contributed by atoms with Crippen LogP contribution in [0.5, 0.6) is 0 Å². The molecule has 0 aliphatic rings. The molecule has 0 unspecified atom stereocenters. The van der Waals surface area contributed by atoms with Gasteiger partial charge in [0.25, 0.3) is 0 Å². The number of rotatable bonds is 8. The Labute approximate surface area is 98.2 Å². The minimum atomic E-state index is 0. The van der Waals surface area contributed by atoms with E-state index in [1.54, 1.807) is 0 Å². The van der Waals surface area contributed by atoms with Gasteiger partial charge in [0.2, 0.25) is 0 Å². The largest absolute Gasteiger partial charge is 0.305 e. The monoisotopic (exact) mass is 247 g/mol. The van der Waals surface area contributed by atoms with Gasteiger partial charge in [-0.05, 0) is 26.4 Å². The normalized spacial score (nSPS) is 10.2. The molecule has 0 fully saturated rings. The number of nitrogens with zero attached hydrogens (tertiary/aromatic N) is 1. The van der Waals surface area contributed by atoms with Gasteiger partial charge < -0.3 is 4.90 Å². The van der Waals surface area contributed by atoms with Gasteiger partial charge in [-0.15, -0.1) is 35.6 Å². The molecule has 4 heteroatoms. The molecule has 1 nitrogen and oxygen atoms in total. The first-order valence-electron chi connectivity index (χ1n) is 4.61. The van der Waals surface area contributed by atoms with Crippen LogP contribution in [0.3, 0.4) is 0 Å². The maximum absolute atomic E-state index is 5.60. The zero-order valence-corrected chi connectivity index (χ0v) is 10.6. The Bertz CT molecular complexity index is 90.9. The van der Waals surface area contributed by atoms with E-state index in [9.17, 15) is 0 Å². The Morgan fingerprint density at radius 1 is 0.846 bits per heavy atom. The fourth-order valence-corrected chi connectivity index (χ4v) is 1.56. The quantitative estimate of drug-likeness (QED) is 0.470. The van der Waals surface area contributed by atoms with Gasteiger partial charge in [-0.2, -0.15) is 0 Å². The van der Waals surface area contributed by atoms with Crippen LogP contribution in [0.4, 0.5) is 0 Å². The van der Waals surface area contributed by atoms with Crippen LogP contribution in [0.15, 0.2) is 0 Å². The topological polar surface area (TPSA) is 3.24 Å². The van der Waals surface area contributed by atoms with Crippen molar-refractivity contribution in [2.45, 2.75) is 25.7 Å². The zero-order chi connectivity index (χ0) is 9.23. The summed E-state index contributed by atoms with van der Waals surface area (Å²) in [5, 5.41) is 0. The molecule has 0 aromatic carbocycles. The van der Waals surface area contributed by atoms with Crippen molar-refractivity contribution in [1.82, 2.24) is 4.90 Å². The van der Waals surface area contributed by atoms with Crippen LogP contribution in [0.25, 0.3) is 0 Å². The van der Waals surface area contributed by atoms with Crippen LogP contribution in [-0.2, 0) is 0 Å². The summed E-state index contributed by atoms with van der Waals surface area (Å²) >= 11 is 11.2. The first-order valence-corrected chi connectivity index (χ1v) is 5.68. The summed E-state index contributed by atoms with van der Waals surface area (Å²) in [6.45, 7) is 2.16. The van der Waals surface area contributed by atoms with E-state index < -0.39 is 0 Å². The van der Waals surface area contributed by atoms with E-state index >= 15 is 0 Å². The molecule has 0 amide bonds. The predicted molar refractivity (Wildman–Crippen MR) is 64.7 cm³/mol. The summed E-state index contributed by atoms with van der Waals surface area (Å²) < 4.78 is 0. The lowest BCUT2D eigenvalue weighted by Crippen LogP contribution is -2.21. The number of hydrogen-bond donors (Lipinski definition) is 0. The van der Waals surface area contributed by atoms with Crippen LogP contribution in [0.1, 0.15) is 25.7 Å². The van der Waals surface area contributed by atoms with Crippen LogP contribution in [0, 0.1) is 0 Å². The molecular formula is C9H20Cl3N. The summed E-state index contributed by atoms with van der Waals surface area (Å²) in [6.07, 6.45) is 4.97. The molecule has 0 atom stereocenters. The summed E-state index contributed by atoms with van der Waals surface area (Å²) in [4.78, 5) is 2.27. The molecule has 0 aliphatic heterocycles. The van der Waals surface area contributed by atoms with E-state index in [4.69, 9.17) is 23.2 Å². The molecule has 0 heterocycles. The van der Waals surface area contributed by atoms with Gasteiger partial charge in [-0.3, -0.25) is 0 Å². The Kier molecular flexibility index (Phi) is 16.1. The third-order valence-electron chi connectivity index (χ3n) is 1.89. The maximum atomic E-state index is 5.60. The van der Waals surface area contributed by atoms with E-state index in [-0.39, 0.29) is 12.4 Å². The van der Waals surface area contributed by atoms with Crippen LogP contribution < -0.4 is 0 Å². The number of unbranched alkanes of at least 4 members (excludes halogenated alkanes) is 3. The number of alkyl halides is 2. The SMILES string of the molecule is CN(CCCl)CCCCCCCl.Cl. The Hall–Kier alpha value is 0.830. The highest BCUT2D eigenvalue weighted by atomic mass is 35.5. The van der Waals surface area contributed by atoms with Gasteiger partial charge >= 0.3 is 0 Å². The van der Waals surface area contributed by atoms with Crippen molar-refractivity contribution in [1.29, 1.82) is 0 Å². The molecule has 0 rings (SSSR count). The van der Waals surface area contributed by atoms with Gasteiger partial charge in [0, 0.05) is 18.3 Å². The van der Waals surface area contributed by atoms with Crippen molar-refractivity contribution >= 4 is 35.6 Å².